The fourth-order valence-electron chi connectivity index (χ4n) is 6.24. The van der Waals surface area contributed by atoms with E-state index in [1.54, 1.807) is 12.4 Å². The highest BCUT2D eigenvalue weighted by Gasteiger charge is 2.49. The van der Waals surface area contributed by atoms with E-state index in [0.29, 0.717) is 29.2 Å². The number of fused-ring (bicyclic) bond motifs is 5. The van der Waals surface area contributed by atoms with Crippen LogP contribution in [0.25, 0.3) is 0 Å². The van der Waals surface area contributed by atoms with Crippen LogP contribution in [0, 0.1) is 5.92 Å². The molecule has 0 radical (unpaired) electrons. The predicted molar refractivity (Wildman–Crippen MR) is 131 cm³/mol. The molecule has 3 fully saturated rings. The Bertz CT molecular complexity index is 1210. The summed E-state index contributed by atoms with van der Waals surface area (Å²) in [7, 11) is 0. The molecule has 2 aromatic carbocycles. The van der Waals surface area contributed by atoms with E-state index in [1.807, 2.05) is 24.3 Å². The van der Waals surface area contributed by atoms with Gasteiger partial charge in [-0.15, -0.1) is 0 Å². The lowest BCUT2D eigenvalue weighted by atomic mass is 9.78. The monoisotopic (exact) mass is 548 g/mol. The van der Waals surface area contributed by atoms with Crippen LogP contribution >= 0.6 is 0 Å². The maximum absolute atomic E-state index is 13.7. The average Bonchev–Trinajstić information content (AvgIpc) is 2.88. The summed E-state index contributed by atoms with van der Waals surface area (Å²) in [4.78, 5) is 34.5. The Hall–Kier alpha value is -3.10. The molecule has 0 spiro atoms. The zero-order valence-electron chi connectivity index (χ0n) is 20.0. The number of halogens is 1. The molecule has 4 heterocycles. The van der Waals surface area contributed by atoms with E-state index in [9.17, 15) is 9.59 Å². The Morgan fingerprint density at radius 2 is 1.56 bits per heavy atom. The number of ether oxygens (including phenoxy) is 1. The summed E-state index contributed by atoms with van der Waals surface area (Å²) >= 11 is 0. The van der Waals surface area contributed by atoms with Gasteiger partial charge >= 0.3 is 5.97 Å². The van der Waals surface area contributed by atoms with E-state index in [4.69, 9.17) is 4.74 Å². The number of esters is 1. The number of quaternary nitrogens is 1. The molecule has 3 saturated heterocycles. The van der Waals surface area contributed by atoms with Crippen LogP contribution in [0.15, 0.2) is 67.3 Å². The van der Waals surface area contributed by atoms with E-state index in [-0.39, 0.29) is 35.0 Å². The largest absolute Gasteiger partial charge is 1.00 e. The number of rotatable bonds is 5. The summed E-state index contributed by atoms with van der Waals surface area (Å²) in [6.07, 6.45) is 7.24. The van der Waals surface area contributed by atoms with Crippen molar-refractivity contribution in [3.8, 4) is 0 Å². The summed E-state index contributed by atoms with van der Waals surface area (Å²) in [6.45, 7) is 2.93. The van der Waals surface area contributed by atoms with Crippen LogP contribution < -0.4 is 22.3 Å². The quantitative estimate of drug-likeness (QED) is 0.366. The zero-order chi connectivity index (χ0) is 23.8. The molecule has 1 amide bonds. The van der Waals surface area contributed by atoms with Gasteiger partial charge in [0.05, 0.1) is 31.2 Å². The van der Waals surface area contributed by atoms with Crippen molar-refractivity contribution in [3.63, 3.8) is 0 Å². The minimum atomic E-state index is -0.401. The number of nitrogens with one attached hydrogen (secondary N) is 1. The number of anilines is 1. The molecule has 7 rings (SSSR count). The van der Waals surface area contributed by atoms with Crippen molar-refractivity contribution in [2.24, 2.45) is 5.92 Å². The van der Waals surface area contributed by atoms with Crippen LogP contribution in [-0.2, 0) is 20.7 Å². The first kappa shape index (κ1) is 24.6. The molecular formula is C28H29BrN4O3. The number of nitrogens with zero attached hydrogens (tertiary/aromatic N) is 3. The molecule has 1 aliphatic carbocycles. The second kappa shape index (κ2) is 10.1. The lowest BCUT2D eigenvalue weighted by molar-refractivity contribution is -0.938. The van der Waals surface area contributed by atoms with Gasteiger partial charge in [0.2, 0.25) is 0 Å². The Morgan fingerprint density at radius 1 is 0.944 bits per heavy atom. The highest BCUT2D eigenvalue weighted by Crippen LogP contribution is 2.40. The maximum atomic E-state index is 13.7. The Labute approximate surface area is 221 Å². The second-order valence-corrected chi connectivity index (χ2v) is 10.1. The first-order valence-corrected chi connectivity index (χ1v) is 12.4. The van der Waals surface area contributed by atoms with Gasteiger partial charge in [0, 0.05) is 18.8 Å². The number of carbonyl (C=O) groups is 2. The van der Waals surface area contributed by atoms with Crippen LogP contribution in [0.3, 0.4) is 0 Å². The Balaban J connectivity index is 0.00000267. The number of amides is 1. The number of hydrogen-bond acceptors (Lipinski definition) is 5. The third-order valence-electron chi connectivity index (χ3n) is 7.98. The molecule has 186 valence electrons. The fraction of sp³-hybridized carbons (Fsp3) is 0.357. The molecule has 0 saturated carbocycles. The molecule has 2 bridgehead atoms. The van der Waals surface area contributed by atoms with Crippen LogP contribution in [0.4, 0.5) is 5.69 Å². The standard InChI is InChI=1S/C28H28N4O3.BrH/c33-26(31-22-14-29-18-30-15-22)17-32-11-9-19(10-12-32)25(16-32)35-28(34)27-23-7-3-1-5-20(23)13-21-6-2-4-8-24(21)27;/h1-8,14-15,18-19,25,27H,9-13,16-17H2;1H. The molecule has 36 heavy (non-hydrogen) atoms. The number of carbonyl (C=O) groups excluding carboxylic acids is 2. The van der Waals surface area contributed by atoms with Crippen molar-refractivity contribution < 1.29 is 35.8 Å². The lowest BCUT2D eigenvalue weighted by Gasteiger charge is -2.51. The van der Waals surface area contributed by atoms with Gasteiger partial charge in [-0.3, -0.25) is 9.59 Å². The summed E-state index contributed by atoms with van der Waals surface area (Å²) in [5, 5.41) is 2.91. The molecule has 8 heteroatoms. The number of hydrogen-bond donors (Lipinski definition) is 1. The van der Waals surface area contributed by atoms with E-state index < -0.39 is 5.92 Å². The summed E-state index contributed by atoms with van der Waals surface area (Å²) in [6, 6.07) is 16.4. The Morgan fingerprint density at radius 3 is 2.19 bits per heavy atom. The van der Waals surface area contributed by atoms with Crippen LogP contribution in [0.5, 0.6) is 0 Å². The predicted octanol–water partition coefficient (Wildman–Crippen LogP) is 0.308. The lowest BCUT2D eigenvalue weighted by Crippen LogP contribution is -3.00. The van der Waals surface area contributed by atoms with E-state index >= 15 is 0 Å². The van der Waals surface area contributed by atoms with Crippen molar-refractivity contribution in [1.82, 2.24) is 9.97 Å². The molecule has 3 aromatic rings. The van der Waals surface area contributed by atoms with Crippen molar-refractivity contribution in [2.75, 3.05) is 31.5 Å². The third-order valence-corrected chi connectivity index (χ3v) is 7.98. The third kappa shape index (κ3) is 4.67. The molecule has 7 nitrogen and oxygen atoms in total. The first-order chi connectivity index (χ1) is 17.1. The minimum absolute atomic E-state index is 0. The smallest absolute Gasteiger partial charge is 0.318 e. The van der Waals surface area contributed by atoms with Gasteiger partial charge in [0.1, 0.15) is 18.8 Å². The van der Waals surface area contributed by atoms with Crippen LogP contribution in [0.2, 0.25) is 0 Å². The van der Waals surface area contributed by atoms with E-state index in [0.717, 1.165) is 43.5 Å². The molecule has 1 atom stereocenters. The second-order valence-electron chi connectivity index (χ2n) is 10.1. The van der Waals surface area contributed by atoms with E-state index in [2.05, 4.69) is 39.6 Å². The minimum Gasteiger partial charge on any atom is -1.00 e. The molecule has 1 unspecified atom stereocenters. The van der Waals surface area contributed by atoms with Gasteiger partial charge in [0.15, 0.2) is 12.6 Å². The highest BCUT2D eigenvalue weighted by atomic mass is 79.9. The number of benzene rings is 2. The molecule has 3 aliphatic heterocycles. The normalized spacial score (nSPS) is 24.1. The first-order valence-electron chi connectivity index (χ1n) is 12.4. The fourth-order valence-corrected chi connectivity index (χ4v) is 6.24. The van der Waals surface area contributed by atoms with Gasteiger partial charge in [0.25, 0.3) is 5.91 Å². The van der Waals surface area contributed by atoms with Gasteiger partial charge < -0.3 is 31.5 Å². The van der Waals surface area contributed by atoms with E-state index in [1.165, 1.54) is 17.5 Å². The van der Waals surface area contributed by atoms with Crippen molar-refractivity contribution in [3.05, 3.63) is 89.5 Å². The summed E-state index contributed by atoms with van der Waals surface area (Å²) < 4.78 is 6.96. The van der Waals surface area contributed by atoms with Crippen LogP contribution in [0.1, 0.15) is 41.0 Å². The summed E-state index contributed by atoms with van der Waals surface area (Å²) in [5.74, 6) is -0.271. The number of aromatic nitrogens is 2. The van der Waals surface area contributed by atoms with Gasteiger partial charge in [-0.25, -0.2) is 9.97 Å². The number of piperidine rings is 3. The molecule has 1 N–H and O–H groups in total. The zero-order valence-corrected chi connectivity index (χ0v) is 21.6. The van der Waals surface area contributed by atoms with Crippen LogP contribution in [-0.4, -0.2) is 58.6 Å². The summed E-state index contributed by atoms with van der Waals surface area (Å²) in [5.41, 5.74) is 5.07. The maximum Gasteiger partial charge on any atom is 0.318 e. The van der Waals surface area contributed by atoms with Gasteiger partial charge in [-0.1, -0.05) is 48.5 Å². The van der Waals surface area contributed by atoms with Gasteiger partial charge in [-0.05, 0) is 28.7 Å². The van der Waals surface area contributed by atoms with Gasteiger partial charge in [-0.2, -0.15) is 0 Å². The molecule has 1 aromatic heterocycles. The van der Waals surface area contributed by atoms with Crippen molar-refractivity contribution in [1.29, 1.82) is 0 Å². The molecule has 4 aliphatic rings. The van der Waals surface area contributed by atoms with Crippen molar-refractivity contribution in [2.45, 2.75) is 31.3 Å². The van der Waals surface area contributed by atoms with Crippen molar-refractivity contribution >= 4 is 17.6 Å². The molecular weight excluding hydrogens is 520 g/mol. The topological polar surface area (TPSA) is 81.2 Å². The SMILES string of the molecule is O=C(C[N+]12CCC(CC1)C(OC(=O)C1c3ccccc3Cc3ccccc31)C2)Nc1cncnc1.[Br-]. The highest BCUT2D eigenvalue weighted by molar-refractivity contribution is 5.91. The Kier molecular flexibility index (Phi) is 6.90. The average molecular weight is 549 g/mol.